The van der Waals surface area contributed by atoms with Gasteiger partial charge in [-0.3, -0.25) is 4.79 Å². The number of carbonyl (C=O) groups is 2. The fraction of sp³-hybridized carbons (Fsp3) is 0.500. The van der Waals surface area contributed by atoms with Crippen LogP contribution in [0.3, 0.4) is 0 Å². The zero-order chi connectivity index (χ0) is 8.72. The lowest BCUT2D eigenvalue weighted by molar-refractivity contribution is -0.151. The minimum atomic E-state index is -0.711. The van der Waals surface area contributed by atoms with Crippen molar-refractivity contribution >= 4 is 11.8 Å². The molecule has 2 aliphatic rings. The van der Waals surface area contributed by atoms with Gasteiger partial charge in [-0.05, 0) is 13.0 Å². The minimum absolute atomic E-state index is 0.0262. The molecule has 0 aromatic rings. The number of hydrogen-bond acceptors (Lipinski definition) is 4. The second kappa shape index (κ2) is 2.42. The zero-order valence-corrected chi connectivity index (χ0v) is 6.52. The third kappa shape index (κ3) is 1.14. The summed E-state index contributed by atoms with van der Waals surface area (Å²) in [6.07, 6.45) is 1.46. The van der Waals surface area contributed by atoms with Gasteiger partial charge in [0.15, 0.2) is 11.9 Å². The van der Waals surface area contributed by atoms with E-state index in [1.54, 1.807) is 0 Å². The largest absolute Gasteiger partial charge is 0.448 e. The number of ether oxygens (including phenoxy) is 2. The van der Waals surface area contributed by atoms with Crippen LogP contribution in [0, 0.1) is 0 Å². The van der Waals surface area contributed by atoms with Crippen LogP contribution in [0.15, 0.2) is 12.2 Å². The standard InChI is InChI=1S/C8H8O4/c1-4-7(11-4)8-5(9)2-3-6(10)12-8/h2-4,7-8H,1H3/t4-,7+,8-/m1/s1. The number of ketones is 1. The molecule has 2 heterocycles. The van der Waals surface area contributed by atoms with Gasteiger partial charge in [-0.25, -0.2) is 4.79 Å². The highest BCUT2D eigenvalue weighted by molar-refractivity contribution is 6.03. The molecule has 0 unspecified atom stereocenters. The average molecular weight is 168 g/mol. The van der Waals surface area contributed by atoms with E-state index in [0.717, 1.165) is 6.08 Å². The predicted octanol–water partition coefficient (Wildman–Crippen LogP) is -0.176. The molecule has 0 saturated carbocycles. The van der Waals surface area contributed by atoms with Gasteiger partial charge in [0, 0.05) is 6.08 Å². The Morgan fingerprint density at radius 3 is 2.58 bits per heavy atom. The molecule has 4 nitrogen and oxygen atoms in total. The van der Waals surface area contributed by atoms with Crippen molar-refractivity contribution in [3.63, 3.8) is 0 Å². The fourth-order valence-electron chi connectivity index (χ4n) is 1.22. The molecule has 1 fully saturated rings. The molecule has 4 heteroatoms. The molecule has 0 N–H and O–H groups in total. The first kappa shape index (κ1) is 7.49. The molecular weight excluding hydrogens is 160 g/mol. The molecule has 0 bridgehead atoms. The van der Waals surface area contributed by atoms with Crippen LogP contribution in [0.5, 0.6) is 0 Å². The van der Waals surface area contributed by atoms with Crippen LogP contribution >= 0.6 is 0 Å². The smallest absolute Gasteiger partial charge is 0.331 e. The topological polar surface area (TPSA) is 55.9 Å². The Hall–Kier alpha value is -1.16. The Balaban J connectivity index is 2.11. The molecule has 12 heavy (non-hydrogen) atoms. The summed E-state index contributed by atoms with van der Waals surface area (Å²) in [4.78, 5) is 21.9. The Bertz CT molecular complexity index is 268. The van der Waals surface area contributed by atoms with Gasteiger partial charge in [-0.2, -0.15) is 0 Å². The maximum absolute atomic E-state index is 11.1. The van der Waals surface area contributed by atoms with Gasteiger partial charge in [0.1, 0.15) is 6.10 Å². The van der Waals surface area contributed by atoms with Crippen LogP contribution in [0.1, 0.15) is 6.92 Å². The number of hydrogen-bond donors (Lipinski definition) is 0. The molecule has 0 aliphatic carbocycles. The van der Waals surface area contributed by atoms with Crippen LogP contribution in [0.25, 0.3) is 0 Å². The van der Waals surface area contributed by atoms with E-state index in [9.17, 15) is 9.59 Å². The monoisotopic (exact) mass is 168 g/mol. The van der Waals surface area contributed by atoms with Crippen molar-refractivity contribution < 1.29 is 19.1 Å². The lowest BCUT2D eigenvalue weighted by Gasteiger charge is -2.14. The number of esters is 1. The summed E-state index contributed by atoms with van der Waals surface area (Å²) in [7, 11) is 0. The number of epoxide rings is 1. The highest BCUT2D eigenvalue weighted by Crippen LogP contribution is 2.28. The van der Waals surface area contributed by atoms with Crippen LogP contribution in [0.4, 0.5) is 0 Å². The van der Waals surface area contributed by atoms with Gasteiger partial charge < -0.3 is 9.47 Å². The highest BCUT2D eigenvalue weighted by Gasteiger charge is 2.47. The van der Waals surface area contributed by atoms with Crippen molar-refractivity contribution in [3.8, 4) is 0 Å². The fourth-order valence-corrected chi connectivity index (χ4v) is 1.22. The molecule has 0 spiro atoms. The van der Waals surface area contributed by atoms with Crippen molar-refractivity contribution in [2.24, 2.45) is 0 Å². The van der Waals surface area contributed by atoms with Crippen molar-refractivity contribution in [1.82, 2.24) is 0 Å². The lowest BCUT2D eigenvalue weighted by atomic mass is 10.1. The normalized spacial score (nSPS) is 39.6. The van der Waals surface area contributed by atoms with Gasteiger partial charge in [0.2, 0.25) is 0 Å². The second-order valence-electron chi connectivity index (χ2n) is 2.90. The van der Waals surface area contributed by atoms with Crippen molar-refractivity contribution in [1.29, 1.82) is 0 Å². The van der Waals surface area contributed by atoms with Gasteiger partial charge in [0.05, 0.1) is 6.10 Å². The van der Waals surface area contributed by atoms with Gasteiger partial charge >= 0.3 is 5.97 Å². The van der Waals surface area contributed by atoms with Crippen LogP contribution in [0.2, 0.25) is 0 Å². The summed E-state index contributed by atoms with van der Waals surface area (Å²) in [5, 5.41) is 0. The van der Waals surface area contributed by atoms with E-state index >= 15 is 0 Å². The van der Waals surface area contributed by atoms with E-state index in [-0.39, 0.29) is 18.0 Å². The van der Waals surface area contributed by atoms with E-state index < -0.39 is 12.1 Å². The third-order valence-electron chi connectivity index (χ3n) is 1.96. The molecule has 0 amide bonds. The molecule has 0 aromatic carbocycles. The Labute approximate surface area is 69.1 Å². The molecule has 3 atom stereocenters. The SMILES string of the molecule is C[C@H]1O[C@@H]1[C@@H]1OC(=O)C=CC1=O. The zero-order valence-electron chi connectivity index (χ0n) is 6.52. The van der Waals surface area contributed by atoms with Gasteiger partial charge in [-0.15, -0.1) is 0 Å². The molecule has 1 saturated heterocycles. The van der Waals surface area contributed by atoms with E-state index in [4.69, 9.17) is 9.47 Å². The predicted molar refractivity (Wildman–Crippen MR) is 38.4 cm³/mol. The summed E-state index contributed by atoms with van der Waals surface area (Å²) < 4.78 is 9.84. The summed E-state index contributed by atoms with van der Waals surface area (Å²) in [6.45, 7) is 1.84. The number of rotatable bonds is 1. The lowest BCUT2D eigenvalue weighted by Crippen LogP contribution is -2.34. The van der Waals surface area contributed by atoms with Crippen LogP contribution in [-0.4, -0.2) is 30.1 Å². The molecular formula is C8H8O4. The maximum atomic E-state index is 11.1. The Morgan fingerprint density at radius 2 is 2.00 bits per heavy atom. The van der Waals surface area contributed by atoms with E-state index in [1.165, 1.54) is 6.08 Å². The second-order valence-corrected chi connectivity index (χ2v) is 2.90. The van der Waals surface area contributed by atoms with Crippen LogP contribution < -0.4 is 0 Å². The maximum Gasteiger partial charge on any atom is 0.331 e. The quantitative estimate of drug-likeness (QED) is 0.402. The number of carbonyl (C=O) groups excluding carboxylic acids is 2. The molecule has 0 radical (unpaired) electrons. The summed E-state index contributed by atoms with van der Waals surface area (Å²) in [6, 6.07) is 0. The highest BCUT2D eigenvalue weighted by atomic mass is 16.6. The first-order valence-electron chi connectivity index (χ1n) is 3.76. The number of cyclic esters (lactones) is 1. The minimum Gasteiger partial charge on any atom is -0.448 e. The molecule has 2 rings (SSSR count). The first-order valence-corrected chi connectivity index (χ1v) is 3.76. The summed E-state index contributed by atoms with van der Waals surface area (Å²) in [5.74, 6) is -0.661. The van der Waals surface area contributed by atoms with Crippen LogP contribution in [-0.2, 0) is 19.1 Å². The molecule has 0 aromatic heterocycles. The Kier molecular flexibility index (Phi) is 1.51. The first-order chi connectivity index (χ1) is 5.68. The van der Waals surface area contributed by atoms with Gasteiger partial charge in [0.25, 0.3) is 0 Å². The van der Waals surface area contributed by atoms with Crippen molar-refractivity contribution in [3.05, 3.63) is 12.2 Å². The summed E-state index contributed by atoms with van der Waals surface area (Å²) in [5.41, 5.74) is 0. The average Bonchev–Trinajstić information content (AvgIpc) is 2.73. The van der Waals surface area contributed by atoms with E-state index in [1.807, 2.05) is 6.92 Å². The van der Waals surface area contributed by atoms with E-state index in [2.05, 4.69) is 0 Å². The van der Waals surface area contributed by atoms with Crippen molar-refractivity contribution in [2.75, 3.05) is 0 Å². The van der Waals surface area contributed by atoms with Crippen molar-refractivity contribution in [2.45, 2.75) is 25.2 Å². The summed E-state index contributed by atoms with van der Waals surface area (Å²) >= 11 is 0. The van der Waals surface area contributed by atoms with Gasteiger partial charge in [-0.1, -0.05) is 0 Å². The van der Waals surface area contributed by atoms with E-state index in [0.29, 0.717) is 0 Å². The molecule has 2 aliphatic heterocycles. The third-order valence-corrected chi connectivity index (χ3v) is 1.96. The molecule has 64 valence electrons. The Morgan fingerprint density at radius 1 is 1.33 bits per heavy atom.